The van der Waals surface area contributed by atoms with E-state index in [1.165, 1.54) is 0 Å². The zero-order chi connectivity index (χ0) is 14.6. The molecule has 7 nitrogen and oxygen atoms in total. The summed E-state index contributed by atoms with van der Waals surface area (Å²) in [5.74, 6) is -0.791. The molecule has 1 aromatic heterocycles. The lowest BCUT2D eigenvalue weighted by atomic mass is 9.99. The van der Waals surface area contributed by atoms with Crippen molar-refractivity contribution in [1.29, 1.82) is 0 Å². The first-order valence-electron chi connectivity index (χ1n) is 6.16. The van der Waals surface area contributed by atoms with Crippen LogP contribution in [0.5, 0.6) is 0 Å². The van der Waals surface area contributed by atoms with Gasteiger partial charge in [0.1, 0.15) is 6.04 Å². The SMILES string of the molecule is CC[C@H](C)[C@H](NC(=O)Nc1cc(C)n(C)n1)C(=O)O. The van der Waals surface area contributed by atoms with Crippen molar-refractivity contribution in [2.45, 2.75) is 33.2 Å². The highest BCUT2D eigenvalue weighted by Crippen LogP contribution is 2.09. The number of urea groups is 1. The summed E-state index contributed by atoms with van der Waals surface area (Å²) in [6, 6.07) is 0.235. The van der Waals surface area contributed by atoms with Crippen LogP contribution in [-0.2, 0) is 11.8 Å². The maximum absolute atomic E-state index is 11.7. The van der Waals surface area contributed by atoms with E-state index in [0.717, 1.165) is 5.69 Å². The zero-order valence-corrected chi connectivity index (χ0v) is 11.6. The fraction of sp³-hybridized carbons (Fsp3) is 0.583. The third-order valence-corrected chi connectivity index (χ3v) is 3.12. The molecule has 1 aromatic rings. The van der Waals surface area contributed by atoms with E-state index in [1.54, 1.807) is 24.7 Å². The van der Waals surface area contributed by atoms with Crippen molar-refractivity contribution in [1.82, 2.24) is 15.1 Å². The molecular formula is C12H20N4O3. The summed E-state index contributed by atoms with van der Waals surface area (Å²) in [5, 5.41) is 18.1. The molecule has 0 fully saturated rings. The lowest BCUT2D eigenvalue weighted by molar-refractivity contribution is -0.140. The number of hydrogen-bond donors (Lipinski definition) is 3. The quantitative estimate of drug-likeness (QED) is 0.751. The van der Waals surface area contributed by atoms with Crippen LogP contribution < -0.4 is 10.6 Å². The molecule has 19 heavy (non-hydrogen) atoms. The van der Waals surface area contributed by atoms with Gasteiger partial charge >= 0.3 is 12.0 Å². The van der Waals surface area contributed by atoms with E-state index >= 15 is 0 Å². The number of aromatic nitrogens is 2. The van der Waals surface area contributed by atoms with Gasteiger partial charge in [0.15, 0.2) is 5.82 Å². The number of nitrogens with zero attached hydrogens (tertiary/aromatic N) is 2. The standard InChI is InChI=1S/C12H20N4O3/c1-5-7(2)10(11(17)18)14-12(19)13-9-6-8(3)16(4)15-9/h6-7,10H,5H2,1-4H3,(H,17,18)(H2,13,14,15,19)/t7-,10-/m0/s1. The number of carboxylic acids is 1. The molecule has 0 radical (unpaired) electrons. The third-order valence-electron chi connectivity index (χ3n) is 3.12. The number of carbonyl (C=O) groups excluding carboxylic acids is 1. The number of nitrogens with one attached hydrogen (secondary N) is 2. The highest BCUT2D eigenvalue weighted by Gasteiger charge is 2.25. The first-order valence-corrected chi connectivity index (χ1v) is 6.16. The van der Waals surface area contributed by atoms with Gasteiger partial charge < -0.3 is 10.4 Å². The average molecular weight is 268 g/mol. The fourth-order valence-electron chi connectivity index (χ4n) is 1.60. The summed E-state index contributed by atoms with van der Waals surface area (Å²) in [6.45, 7) is 5.52. The van der Waals surface area contributed by atoms with Gasteiger partial charge in [-0.2, -0.15) is 5.10 Å². The highest BCUT2D eigenvalue weighted by molar-refractivity contribution is 5.91. The summed E-state index contributed by atoms with van der Waals surface area (Å²) in [5.41, 5.74) is 0.895. The molecule has 0 aliphatic heterocycles. The van der Waals surface area contributed by atoms with Crippen LogP contribution in [0.3, 0.4) is 0 Å². The van der Waals surface area contributed by atoms with Crippen molar-refractivity contribution in [2.24, 2.45) is 13.0 Å². The first-order chi connectivity index (χ1) is 8.85. The summed E-state index contributed by atoms with van der Waals surface area (Å²) < 4.78 is 1.62. The minimum Gasteiger partial charge on any atom is -0.480 e. The van der Waals surface area contributed by atoms with Gasteiger partial charge in [0, 0.05) is 18.8 Å². The molecule has 106 valence electrons. The van der Waals surface area contributed by atoms with E-state index in [9.17, 15) is 9.59 Å². The highest BCUT2D eigenvalue weighted by atomic mass is 16.4. The molecule has 0 spiro atoms. The van der Waals surface area contributed by atoms with Crippen molar-refractivity contribution in [3.8, 4) is 0 Å². The van der Waals surface area contributed by atoms with Crippen molar-refractivity contribution < 1.29 is 14.7 Å². The van der Waals surface area contributed by atoms with E-state index in [0.29, 0.717) is 12.2 Å². The van der Waals surface area contributed by atoms with Crippen molar-refractivity contribution in [3.63, 3.8) is 0 Å². The van der Waals surface area contributed by atoms with Gasteiger partial charge in [-0.15, -0.1) is 0 Å². The number of hydrogen-bond acceptors (Lipinski definition) is 3. The molecule has 1 heterocycles. The maximum Gasteiger partial charge on any atom is 0.326 e. The molecule has 7 heteroatoms. The second-order valence-electron chi connectivity index (χ2n) is 4.59. The summed E-state index contributed by atoms with van der Waals surface area (Å²) in [6.07, 6.45) is 0.667. The molecule has 1 rings (SSSR count). The largest absolute Gasteiger partial charge is 0.480 e. The Morgan fingerprint density at radius 3 is 2.58 bits per heavy atom. The summed E-state index contributed by atoms with van der Waals surface area (Å²) in [4.78, 5) is 22.8. The molecular weight excluding hydrogens is 248 g/mol. The van der Waals surface area contributed by atoms with Gasteiger partial charge in [0.2, 0.25) is 0 Å². The van der Waals surface area contributed by atoms with Gasteiger partial charge in [0.25, 0.3) is 0 Å². The normalized spacial score (nSPS) is 13.7. The van der Waals surface area contributed by atoms with Crippen molar-refractivity contribution in [3.05, 3.63) is 11.8 Å². The average Bonchev–Trinajstić information content (AvgIpc) is 2.63. The summed E-state index contributed by atoms with van der Waals surface area (Å²) >= 11 is 0. The second kappa shape index (κ2) is 6.21. The molecule has 0 aromatic carbocycles. The number of aryl methyl sites for hydroxylation is 2. The van der Waals surface area contributed by atoms with E-state index < -0.39 is 18.0 Å². The molecule has 0 aliphatic rings. The van der Waals surface area contributed by atoms with Crippen LogP contribution in [-0.4, -0.2) is 32.9 Å². The maximum atomic E-state index is 11.7. The summed E-state index contributed by atoms with van der Waals surface area (Å²) in [7, 11) is 1.76. The molecule has 0 unspecified atom stereocenters. The Balaban J connectivity index is 2.65. The zero-order valence-electron chi connectivity index (χ0n) is 11.6. The Labute approximate surface area is 112 Å². The van der Waals surface area contributed by atoms with Crippen molar-refractivity contribution >= 4 is 17.8 Å². The molecule has 2 atom stereocenters. The topological polar surface area (TPSA) is 96.3 Å². The van der Waals surface area contributed by atoms with Gasteiger partial charge in [-0.3, -0.25) is 10.00 Å². The van der Waals surface area contributed by atoms with E-state index in [2.05, 4.69) is 15.7 Å². The lowest BCUT2D eigenvalue weighted by Gasteiger charge is -2.19. The predicted octanol–water partition coefficient (Wildman–Crippen LogP) is 1.35. The Hall–Kier alpha value is -2.05. The Bertz CT molecular complexity index is 450. The number of rotatable bonds is 5. The first kappa shape index (κ1) is 15.0. The Morgan fingerprint density at radius 1 is 1.53 bits per heavy atom. The number of carbonyl (C=O) groups is 2. The molecule has 3 N–H and O–H groups in total. The van der Waals surface area contributed by atoms with Crippen molar-refractivity contribution in [2.75, 3.05) is 5.32 Å². The van der Waals surface area contributed by atoms with Crippen LogP contribution in [0.2, 0.25) is 0 Å². The smallest absolute Gasteiger partial charge is 0.326 e. The number of aliphatic carboxylic acids is 1. The monoisotopic (exact) mass is 268 g/mol. The van der Waals surface area contributed by atoms with Crippen LogP contribution in [0.15, 0.2) is 6.07 Å². The molecule has 0 aliphatic carbocycles. The lowest BCUT2D eigenvalue weighted by Crippen LogP contribution is -2.46. The van der Waals surface area contributed by atoms with Crippen LogP contribution in [0, 0.1) is 12.8 Å². The molecule has 0 bridgehead atoms. The Morgan fingerprint density at radius 2 is 2.16 bits per heavy atom. The third kappa shape index (κ3) is 3.97. The number of carboxylic acid groups (broad SMARTS) is 1. The molecule has 2 amide bonds. The van der Waals surface area contributed by atoms with Gasteiger partial charge in [-0.05, 0) is 12.8 Å². The van der Waals surface area contributed by atoms with Crippen LogP contribution in [0.25, 0.3) is 0 Å². The number of amides is 2. The number of anilines is 1. The van der Waals surface area contributed by atoms with E-state index in [-0.39, 0.29) is 5.92 Å². The van der Waals surface area contributed by atoms with Crippen LogP contribution >= 0.6 is 0 Å². The van der Waals surface area contributed by atoms with Gasteiger partial charge in [-0.25, -0.2) is 9.59 Å². The minimum atomic E-state index is -1.04. The minimum absolute atomic E-state index is 0.145. The van der Waals surface area contributed by atoms with Gasteiger partial charge in [-0.1, -0.05) is 20.3 Å². The van der Waals surface area contributed by atoms with Crippen LogP contribution in [0.4, 0.5) is 10.6 Å². The Kier molecular flexibility index (Phi) is 4.91. The second-order valence-corrected chi connectivity index (χ2v) is 4.59. The predicted molar refractivity (Wildman–Crippen MR) is 71.0 cm³/mol. The van der Waals surface area contributed by atoms with Crippen LogP contribution in [0.1, 0.15) is 26.0 Å². The van der Waals surface area contributed by atoms with Gasteiger partial charge in [0.05, 0.1) is 0 Å². The van der Waals surface area contributed by atoms with E-state index in [1.807, 2.05) is 13.8 Å². The van der Waals surface area contributed by atoms with E-state index in [4.69, 9.17) is 5.11 Å². The fourth-order valence-corrected chi connectivity index (χ4v) is 1.60. The molecule has 0 saturated carbocycles. The molecule has 0 saturated heterocycles.